The second kappa shape index (κ2) is 8.32. The summed E-state index contributed by atoms with van der Waals surface area (Å²) in [6.45, 7) is 10.2. The average Bonchev–Trinajstić information content (AvgIpc) is 2.40. The molecule has 0 atom stereocenters. The van der Waals surface area contributed by atoms with Gasteiger partial charge in [-0.3, -0.25) is 0 Å². The van der Waals surface area contributed by atoms with Gasteiger partial charge in [-0.25, -0.2) is 4.98 Å². The normalized spacial score (nSPS) is 10.9. The summed E-state index contributed by atoms with van der Waals surface area (Å²) < 4.78 is 5.47. The molecule has 5 heteroatoms. The molecule has 4 nitrogen and oxygen atoms in total. The van der Waals surface area contributed by atoms with Crippen LogP contribution < -0.4 is 4.74 Å². The zero-order chi connectivity index (χ0) is 13.4. The van der Waals surface area contributed by atoms with E-state index in [9.17, 15) is 0 Å². The van der Waals surface area contributed by atoms with Gasteiger partial charge in [0.15, 0.2) is 5.16 Å². The van der Waals surface area contributed by atoms with Crippen LogP contribution in [0.4, 0.5) is 0 Å². The molecule has 1 heterocycles. The topological polar surface area (TPSA) is 38.2 Å². The van der Waals surface area contributed by atoms with Crippen molar-refractivity contribution in [2.45, 2.75) is 32.3 Å². The van der Waals surface area contributed by atoms with Gasteiger partial charge in [-0.1, -0.05) is 25.6 Å². The Kier molecular flexibility index (Phi) is 7.05. The van der Waals surface area contributed by atoms with Crippen LogP contribution in [0.25, 0.3) is 0 Å². The molecule has 0 N–H and O–H groups in total. The van der Waals surface area contributed by atoms with E-state index >= 15 is 0 Å². The van der Waals surface area contributed by atoms with Crippen LogP contribution in [0.2, 0.25) is 0 Å². The molecule has 0 saturated carbocycles. The Balaban J connectivity index is 2.71. The van der Waals surface area contributed by atoms with Crippen LogP contribution in [0.5, 0.6) is 5.88 Å². The summed E-state index contributed by atoms with van der Waals surface area (Å²) in [6, 6.07) is 1.95. The molecule has 18 heavy (non-hydrogen) atoms. The standard InChI is InChI=1S/C13H23N3OS/c1-5-16(6-2)9-8-11-10-12(17-7-3)15-13(14-11)18-4/h10H,5-9H2,1-4H3. The first-order valence-corrected chi connectivity index (χ1v) is 7.73. The van der Waals surface area contributed by atoms with E-state index in [0.717, 1.165) is 36.9 Å². The second-order valence-corrected chi connectivity index (χ2v) is 4.67. The van der Waals surface area contributed by atoms with Crippen molar-refractivity contribution in [1.29, 1.82) is 0 Å². The van der Waals surface area contributed by atoms with E-state index in [4.69, 9.17) is 4.74 Å². The fourth-order valence-corrected chi connectivity index (χ4v) is 2.09. The molecule has 1 rings (SSSR count). The largest absolute Gasteiger partial charge is 0.478 e. The molecule has 0 aliphatic carbocycles. The molecule has 0 aliphatic rings. The summed E-state index contributed by atoms with van der Waals surface area (Å²) in [6.07, 6.45) is 2.93. The molecule has 0 fully saturated rings. The van der Waals surface area contributed by atoms with Crippen molar-refractivity contribution in [3.05, 3.63) is 11.8 Å². The van der Waals surface area contributed by atoms with Gasteiger partial charge in [0.05, 0.1) is 12.3 Å². The second-order valence-electron chi connectivity index (χ2n) is 3.89. The Morgan fingerprint density at radius 1 is 1.22 bits per heavy atom. The zero-order valence-corrected chi connectivity index (χ0v) is 12.6. The van der Waals surface area contributed by atoms with E-state index in [-0.39, 0.29) is 0 Å². The van der Waals surface area contributed by atoms with Crippen molar-refractivity contribution in [3.8, 4) is 5.88 Å². The number of nitrogens with zero attached hydrogens (tertiary/aromatic N) is 3. The van der Waals surface area contributed by atoms with Crippen LogP contribution in [0.1, 0.15) is 26.5 Å². The monoisotopic (exact) mass is 269 g/mol. The molecule has 0 spiro atoms. The fraction of sp³-hybridized carbons (Fsp3) is 0.692. The lowest BCUT2D eigenvalue weighted by Gasteiger charge is -2.17. The van der Waals surface area contributed by atoms with E-state index in [0.29, 0.717) is 12.5 Å². The predicted octanol–water partition coefficient (Wildman–Crippen LogP) is 2.48. The summed E-state index contributed by atoms with van der Waals surface area (Å²) in [7, 11) is 0. The van der Waals surface area contributed by atoms with Crippen molar-refractivity contribution in [2.24, 2.45) is 0 Å². The maximum Gasteiger partial charge on any atom is 0.217 e. The number of rotatable bonds is 8. The van der Waals surface area contributed by atoms with E-state index in [1.54, 1.807) is 11.8 Å². The molecule has 0 unspecified atom stereocenters. The quantitative estimate of drug-likeness (QED) is 0.535. The van der Waals surface area contributed by atoms with Crippen molar-refractivity contribution in [2.75, 3.05) is 32.5 Å². The summed E-state index contributed by atoms with van der Waals surface area (Å²) in [5.41, 5.74) is 1.06. The first-order chi connectivity index (χ1) is 8.73. The van der Waals surface area contributed by atoms with Crippen molar-refractivity contribution in [1.82, 2.24) is 14.9 Å². The van der Waals surface area contributed by atoms with Crippen molar-refractivity contribution < 1.29 is 4.74 Å². The minimum absolute atomic E-state index is 0.639. The Bertz CT molecular complexity index is 356. The highest BCUT2D eigenvalue weighted by Gasteiger charge is 2.06. The molecule has 0 radical (unpaired) electrons. The maximum absolute atomic E-state index is 5.47. The zero-order valence-electron chi connectivity index (χ0n) is 11.8. The van der Waals surface area contributed by atoms with Gasteiger partial charge < -0.3 is 9.64 Å². The highest BCUT2D eigenvalue weighted by Crippen LogP contribution is 2.16. The summed E-state index contributed by atoms with van der Waals surface area (Å²) in [4.78, 5) is 11.2. The van der Waals surface area contributed by atoms with Crippen LogP contribution >= 0.6 is 11.8 Å². The van der Waals surface area contributed by atoms with E-state index < -0.39 is 0 Å². The van der Waals surface area contributed by atoms with Gasteiger partial charge in [-0.15, -0.1) is 0 Å². The molecular formula is C13H23N3OS. The highest BCUT2D eigenvalue weighted by molar-refractivity contribution is 7.98. The van der Waals surface area contributed by atoms with Crippen molar-refractivity contribution in [3.63, 3.8) is 0 Å². The number of ether oxygens (including phenoxy) is 1. The number of hydrogen-bond donors (Lipinski definition) is 0. The van der Waals surface area contributed by atoms with Crippen LogP contribution in [0.3, 0.4) is 0 Å². The fourth-order valence-electron chi connectivity index (χ4n) is 1.70. The van der Waals surface area contributed by atoms with Crippen LogP contribution in [-0.4, -0.2) is 47.4 Å². The third-order valence-corrected chi connectivity index (χ3v) is 3.34. The number of aromatic nitrogens is 2. The first-order valence-electron chi connectivity index (χ1n) is 6.50. The average molecular weight is 269 g/mol. The lowest BCUT2D eigenvalue weighted by atomic mass is 10.3. The smallest absolute Gasteiger partial charge is 0.217 e. The summed E-state index contributed by atoms with van der Waals surface area (Å²) in [5, 5.41) is 0.787. The van der Waals surface area contributed by atoms with Gasteiger partial charge in [0.1, 0.15) is 0 Å². The van der Waals surface area contributed by atoms with Crippen LogP contribution in [0, 0.1) is 0 Å². The Morgan fingerprint density at radius 3 is 2.50 bits per heavy atom. The third-order valence-electron chi connectivity index (χ3n) is 2.79. The lowest BCUT2D eigenvalue weighted by molar-refractivity contribution is 0.304. The molecule has 0 bridgehead atoms. The van der Waals surface area contributed by atoms with Gasteiger partial charge in [-0.2, -0.15) is 4.98 Å². The van der Waals surface area contributed by atoms with Gasteiger partial charge in [-0.05, 0) is 26.3 Å². The Morgan fingerprint density at radius 2 is 1.94 bits per heavy atom. The molecule has 0 saturated heterocycles. The van der Waals surface area contributed by atoms with Crippen molar-refractivity contribution >= 4 is 11.8 Å². The third kappa shape index (κ3) is 4.82. The number of likely N-dealkylation sites (N-methyl/N-ethyl adjacent to an activating group) is 1. The van der Waals surface area contributed by atoms with E-state index in [1.807, 2.05) is 19.2 Å². The SMILES string of the molecule is CCOc1cc(CCN(CC)CC)nc(SC)n1. The Hall–Kier alpha value is -0.810. The molecule has 0 aromatic carbocycles. The summed E-state index contributed by atoms with van der Waals surface area (Å²) in [5.74, 6) is 0.686. The molecule has 1 aromatic rings. The highest BCUT2D eigenvalue weighted by atomic mass is 32.2. The van der Waals surface area contributed by atoms with Crippen LogP contribution in [0.15, 0.2) is 11.2 Å². The van der Waals surface area contributed by atoms with Gasteiger partial charge >= 0.3 is 0 Å². The molecule has 0 amide bonds. The van der Waals surface area contributed by atoms with Gasteiger partial charge in [0.25, 0.3) is 0 Å². The van der Waals surface area contributed by atoms with E-state index in [1.165, 1.54) is 0 Å². The molecular weight excluding hydrogens is 246 g/mol. The van der Waals surface area contributed by atoms with Gasteiger partial charge in [0.2, 0.25) is 5.88 Å². The molecule has 0 aliphatic heterocycles. The lowest BCUT2D eigenvalue weighted by Crippen LogP contribution is -2.25. The minimum atomic E-state index is 0.639. The maximum atomic E-state index is 5.47. The number of thioether (sulfide) groups is 1. The molecule has 1 aromatic heterocycles. The number of hydrogen-bond acceptors (Lipinski definition) is 5. The molecule has 102 valence electrons. The minimum Gasteiger partial charge on any atom is -0.478 e. The van der Waals surface area contributed by atoms with Crippen LogP contribution in [-0.2, 0) is 6.42 Å². The van der Waals surface area contributed by atoms with E-state index in [2.05, 4.69) is 28.7 Å². The summed E-state index contributed by atoms with van der Waals surface area (Å²) >= 11 is 1.55. The predicted molar refractivity (Wildman–Crippen MR) is 76.5 cm³/mol. The first kappa shape index (κ1) is 15.2. The van der Waals surface area contributed by atoms with Gasteiger partial charge in [0, 0.05) is 19.0 Å². The Labute approximate surface area is 114 Å².